The Morgan fingerprint density at radius 3 is 1.71 bits per heavy atom. The number of hydrogen-bond acceptors (Lipinski definition) is 9. The lowest BCUT2D eigenvalue weighted by Gasteiger charge is -2.36. The molecule has 3 aliphatic heterocycles. The third-order valence-corrected chi connectivity index (χ3v) is 14.2. The second-order valence-corrected chi connectivity index (χ2v) is 21.1. The Morgan fingerprint density at radius 2 is 1.22 bits per heavy atom. The molecule has 1 N–H and O–H groups in total. The van der Waals surface area contributed by atoms with E-state index in [2.05, 4.69) is 89.7 Å². The molecule has 2 saturated carbocycles. The van der Waals surface area contributed by atoms with Gasteiger partial charge in [0.1, 0.15) is 11.6 Å². The van der Waals surface area contributed by atoms with Crippen LogP contribution >= 0.6 is 0 Å². The summed E-state index contributed by atoms with van der Waals surface area (Å²) < 4.78 is 73.8. The van der Waals surface area contributed by atoms with E-state index in [1.807, 2.05) is 28.8 Å². The topological polar surface area (TPSA) is 140 Å². The molecule has 4 heterocycles. The van der Waals surface area contributed by atoms with Crippen LogP contribution in [0, 0.1) is 16.7 Å². The number of carbonyl (C=O) groups is 3. The number of halogens is 4. The smallest absolute Gasteiger partial charge is 0.481 e. The Morgan fingerprint density at radius 1 is 0.696 bits per heavy atom. The molecule has 5 aromatic rings. The Kier molecular flexibility index (Phi) is 11.6. The number of rotatable bonds is 13. The molecule has 4 aromatic carbocycles. The van der Waals surface area contributed by atoms with Crippen LogP contribution in [0.4, 0.5) is 23.2 Å². The SMILES string of the molecule is CC(C)(C)C1Cc2cc(CC(=O)C3(c4ccc5c(c4)OC(F)(F)O5)CC3)ccc2N1CCC#N.CC(C)(C)c1cc2cc(CC(=O)C3(c4ccc5c(c4)OC(F)(F)O5)CC3)ccc2n1CCC(=O)O. The van der Waals surface area contributed by atoms with Crippen molar-refractivity contribution in [2.24, 2.45) is 5.41 Å². The molecule has 2 fully saturated rings. The van der Waals surface area contributed by atoms with Gasteiger partial charge >= 0.3 is 18.6 Å². The lowest BCUT2D eigenvalue weighted by molar-refractivity contribution is -0.287. The fraction of sp³-hybridized carbons (Fsp3) is 0.444. The lowest BCUT2D eigenvalue weighted by atomic mass is 9.84. The van der Waals surface area contributed by atoms with Gasteiger partial charge in [0.2, 0.25) is 0 Å². The van der Waals surface area contributed by atoms with Gasteiger partial charge in [-0.05, 0) is 114 Å². The molecule has 11 nitrogen and oxygen atoms in total. The highest BCUT2D eigenvalue weighted by molar-refractivity contribution is 5.96. The third-order valence-electron chi connectivity index (χ3n) is 14.2. The molecule has 2 aliphatic carbocycles. The minimum absolute atomic E-state index is 0.00928. The number of carbonyl (C=O) groups excluding carboxylic acids is 2. The number of aromatic nitrogens is 1. The van der Waals surface area contributed by atoms with Gasteiger partial charge in [0.25, 0.3) is 0 Å². The van der Waals surface area contributed by atoms with Crippen LogP contribution in [0.15, 0.2) is 78.9 Å². The number of benzene rings is 4. The van der Waals surface area contributed by atoms with E-state index in [4.69, 9.17) is 5.26 Å². The summed E-state index contributed by atoms with van der Waals surface area (Å²) in [4.78, 5) is 40.3. The molecular weight excluding hydrogens is 895 g/mol. The van der Waals surface area contributed by atoms with Gasteiger partial charge in [-0.25, -0.2) is 0 Å². The van der Waals surface area contributed by atoms with Gasteiger partial charge in [-0.2, -0.15) is 5.26 Å². The number of hydrogen-bond donors (Lipinski definition) is 1. The Labute approximate surface area is 397 Å². The molecule has 10 rings (SSSR count). The maximum Gasteiger partial charge on any atom is 0.586 e. The van der Waals surface area contributed by atoms with Crippen LogP contribution in [0.5, 0.6) is 23.0 Å². The highest BCUT2D eigenvalue weighted by Crippen LogP contribution is 2.54. The minimum atomic E-state index is -3.69. The molecule has 0 radical (unpaired) electrons. The average Bonchev–Trinajstić information content (AvgIpc) is 4.12. The van der Waals surface area contributed by atoms with Gasteiger partial charge in [0, 0.05) is 59.7 Å². The first-order valence-electron chi connectivity index (χ1n) is 23.4. The van der Waals surface area contributed by atoms with Crippen LogP contribution in [0.1, 0.15) is 114 Å². The number of carboxylic acids is 1. The molecule has 1 atom stereocenters. The Bertz CT molecular complexity index is 2930. The van der Waals surface area contributed by atoms with E-state index in [-0.39, 0.29) is 64.7 Å². The molecule has 0 spiro atoms. The summed E-state index contributed by atoms with van der Waals surface area (Å²) in [7, 11) is 0. The van der Waals surface area contributed by atoms with E-state index < -0.39 is 29.4 Å². The van der Waals surface area contributed by atoms with E-state index >= 15 is 0 Å². The minimum Gasteiger partial charge on any atom is -0.481 e. The van der Waals surface area contributed by atoms with Gasteiger partial charge < -0.3 is 33.5 Å². The summed E-state index contributed by atoms with van der Waals surface area (Å²) in [6.45, 7) is 14.0. The van der Waals surface area contributed by atoms with E-state index in [0.717, 1.165) is 39.8 Å². The largest absolute Gasteiger partial charge is 0.586 e. The summed E-state index contributed by atoms with van der Waals surface area (Å²) in [5.41, 5.74) is 6.03. The van der Waals surface area contributed by atoms with Gasteiger partial charge in [0.15, 0.2) is 23.0 Å². The molecule has 362 valence electrons. The lowest BCUT2D eigenvalue weighted by Crippen LogP contribution is -2.42. The van der Waals surface area contributed by atoms with Gasteiger partial charge in [-0.15, -0.1) is 17.6 Å². The van der Waals surface area contributed by atoms with E-state index in [0.29, 0.717) is 62.4 Å². The number of carboxylic acid groups (broad SMARTS) is 1. The number of anilines is 1. The first kappa shape index (κ1) is 47.5. The van der Waals surface area contributed by atoms with Crippen molar-refractivity contribution in [3.8, 4) is 29.1 Å². The van der Waals surface area contributed by atoms with Crippen molar-refractivity contribution in [1.29, 1.82) is 5.26 Å². The molecule has 69 heavy (non-hydrogen) atoms. The summed E-state index contributed by atoms with van der Waals surface area (Å²) >= 11 is 0. The van der Waals surface area contributed by atoms with Crippen LogP contribution in [0.3, 0.4) is 0 Å². The maximum atomic E-state index is 13.4. The zero-order valence-corrected chi connectivity index (χ0v) is 39.5. The van der Waals surface area contributed by atoms with E-state index in [1.165, 1.54) is 29.8 Å². The number of aliphatic carboxylic acids is 1. The average molecular weight is 950 g/mol. The van der Waals surface area contributed by atoms with Crippen LogP contribution in [0.2, 0.25) is 0 Å². The van der Waals surface area contributed by atoms with Crippen LogP contribution in [-0.4, -0.2) is 52.4 Å². The van der Waals surface area contributed by atoms with Crippen molar-refractivity contribution in [2.75, 3.05) is 11.4 Å². The predicted octanol–water partition coefficient (Wildman–Crippen LogP) is 11.1. The van der Waals surface area contributed by atoms with Crippen molar-refractivity contribution in [3.63, 3.8) is 0 Å². The Balaban J connectivity index is 0.000000172. The van der Waals surface area contributed by atoms with Crippen LogP contribution < -0.4 is 23.8 Å². The fourth-order valence-electron chi connectivity index (χ4n) is 10.3. The van der Waals surface area contributed by atoms with Crippen molar-refractivity contribution in [2.45, 2.75) is 141 Å². The molecule has 1 unspecified atom stereocenters. The summed E-state index contributed by atoms with van der Waals surface area (Å²) in [5, 5.41) is 19.2. The number of Topliss-reactive ketones (excluding diaryl/α,β-unsaturated/α-hetero) is 2. The normalized spacial score (nSPS) is 19.3. The molecule has 15 heteroatoms. The predicted molar refractivity (Wildman–Crippen MR) is 248 cm³/mol. The first-order chi connectivity index (χ1) is 32.4. The number of ketones is 2. The monoisotopic (exact) mass is 949 g/mol. The molecule has 5 aliphatic rings. The molecule has 0 saturated heterocycles. The van der Waals surface area contributed by atoms with E-state index in [1.54, 1.807) is 12.1 Å². The van der Waals surface area contributed by atoms with Crippen LogP contribution in [0.25, 0.3) is 10.9 Å². The van der Waals surface area contributed by atoms with Gasteiger partial charge in [-0.1, -0.05) is 71.9 Å². The second kappa shape index (κ2) is 16.8. The first-order valence-corrected chi connectivity index (χ1v) is 23.4. The maximum absolute atomic E-state index is 13.4. The van der Waals surface area contributed by atoms with Gasteiger partial charge in [0.05, 0.1) is 29.7 Å². The molecule has 0 bridgehead atoms. The van der Waals surface area contributed by atoms with E-state index in [9.17, 15) is 37.1 Å². The zero-order chi connectivity index (χ0) is 49.5. The van der Waals surface area contributed by atoms with Crippen LogP contribution in [-0.2, 0) is 56.4 Å². The highest BCUT2D eigenvalue weighted by Gasteiger charge is 2.53. The fourth-order valence-corrected chi connectivity index (χ4v) is 10.3. The molecule has 0 amide bonds. The number of nitriles is 1. The zero-order valence-electron chi connectivity index (χ0n) is 39.5. The van der Waals surface area contributed by atoms with Crippen molar-refractivity contribution in [1.82, 2.24) is 4.57 Å². The number of fused-ring (bicyclic) bond motifs is 4. The summed E-state index contributed by atoms with van der Waals surface area (Å²) in [5.74, 6) is -0.848. The number of ether oxygens (including phenoxy) is 4. The van der Waals surface area contributed by atoms with Crippen molar-refractivity contribution < 1.29 is 56.0 Å². The quantitative estimate of drug-likeness (QED) is 0.113. The number of alkyl halides is 4. The standard InChI is InChI=1S/C27H28F2N2O3.C27H27F2NO5/c1-25(2,3)23-15-18-13-17(5-7-20(18)31(23)12-4-11-30)14-24(32)26(9-10-26)19-6-8-21-22(16-19)34-27(28,29)33-21;1-25(2,3)22-14-17-12-16(4-6-19(17)30(22)11-8-24(32)33)13-23(31)26(9-10-26)18-5-7-20-21(15-18)35-27(28,29)34-20/h5-8,13,16,23H,4,9-10,12,14-15H2,1-3H3;4-7,12,14-15H,8-11,13H2,1-3H3,(H,32,33). The summed E-state index contributed by atoms with van der Waals surface area (Å²) in [6.07, 6.45) is -2.78. The van der Waals surface area contributed by atoms with Gasteiger partial charge in [-0.3, -0.25) is 14.4 Å². The van der Waals surface area contributed by atoms with Crippen molar-refractivity contribution >= 4 is 34.1 Å². The second-order valence-electron chi connectivity index (χ2n) is 21.1. The molecular formula is C54H55F4N3O8. The summed E-state index contributed by atoms with van der Waals surface area (Å²) in [6, 6.07) is 25.9. The number of nitrogens with zero attached hydrogens (tertiary/aromatic N) is 3. The highest BCUT2D eigenvalue weighted by atomic mass is 19.3. The van der Waals surface area contributed by atoms with Crippen molar-refractivity contribution in [3.05, 3.63) is 112 Å². The third kappa shape index (κ3) is 9.34. The Hall–Kier alpha value is -6.56. The molecule has 1 aromatic heterocycles. The number of aryl methyl sites for hydroxylation is 1.